The number of rotatable bonds is 1. The average molecular weight is 552 g/mol. The molecule has 5 nitrogen and oxygen atoms in total. The highest BCUT2D eigenvalue weighted by atomic mass is 16.3. The number of aliphatic imine (C=N–C) groups is 1. The molecular weight excluding hydrogens is 530 g/mol. The van der Waals surface area contributed by atoms with E-state index in [9.17, 15) is 0 Å². The van der Waals surface area contributed by atoms with Crippen LogP contribution in [0, 0.1) is 0 Å². The molecule has 1 aliphatic carbocycles. The number of furan rings is 2. The molecule has 2 aliphatic rings. The molecule has 9 aromatic rings. The van der Waals surface area contributed by atoms with Gasteiger partial charge in [0.25, 0.3) is 0 Å². The van der Waals surface area contributed by atoms with Crippen LogP contribution in [0.2, 0.25) is 0 Å². The van der Waals surface area contributed by atoms with Gasteiger partial charge in [-0.2, -0.15) is 0 Å². The number of hydrogen-bond donors (Lipinski definition) is 1. The van der Waals surface area contributed by atoms with Crippen molar-refractivity contribution in [3.8, 4) is 11.1 Å². The Balaban J connectivity index is 1.30. The number of anilines is 1. The summed E-state index contributed by atoms with van der Waals surface area (Å²) in [5, 5.41) is 11.8. The van der Waals surface area contributed by atoms with Crippen LogP contribution in [0.1, 0.15) is 0 Å². The van der Waals surface area contributed by atoms with Gasteiger partial charge in [0.1, 0.15) is 22.3 Å². The van der Waals surface area contributed by atoms with E-state index in [0.29, 0.717) is 0 Å². The van der Waals surface area contributed by atoms with Crippen molar-refractivity contribution in [1.82, 2.24) is 4.40 Å². The monoisotopic (exact) mass is 551 g/mol. The molecular formula is C38H21N3O2. The third-order valence-corrected chi connectivity index (χ3v) is 9.33. The lowest BCUT2D eigenvalue weighted by atomic mass is 9.98. The zero-order valence-electron chi connectivity index (χ0n) is 22.8. The van der Waals surface area contributed by atoms with E-state index < -0.39 is 0 Å². The standard InChI is InChI=1S/C38H21N3O2/c1-5-14-30-22(8-1)23-11-7-10-21(37(23)43-30)20-16-17-29-25(18-20)34-33-24-9-2-6-15-31(24)42-32(33)19-26-35-38(41(29)36(26)34)40-28-13-4-3-12-27(28)39-35/h1-19,27,39H. The van der Waals surface area contributed by atoms with Crippen LogP contribution >= 0.6 is 0 Å². The fourth-order valence-electron chi connectivity index (χ4n) is 7.49. The molecule has 0 saturated heterocycles. The largest absolute Gasteiger partial charge is 0.456 e. The summed E-state index contributed by atoms with van der Waals surface area (Å²) in [5.74, 6) is 0.935. The second-order valence-electron chi connectivity index (χ2n) is 11.6. The van der Waals surface area contributed by atoms with Gasteiger partial charge in [0.2, 0.25) is 0 Å². The van der Waals surface area contributed by atoms with Crippen LogP contribution in [0.15, 0.2) is 129 Å². The number of fused-ring (bicyclic) bond motifs is 14. The Morgan fingerprint density at radius 1 is 0.674 bits per heavy atom. The van der Waals surface area contributed by atoms with E-state index in [0.717, 1.165) is 83.1 Å². The molecule has 0 spiro atoms. The van der Waals surface area contributed by atoms with Gasteiger partial charge < -0.3 is 14.2 Å². The zero-order valence-corrected chi connectivity index (χ0v) is 22.8. The van der Waals surface area contributed by atoms with E-state index in [-0.39, 0.29) is 6.04 Å². The van der Waals surface area contributed by atoms with E-state index in [2.05, 4.69) is 107 Å². The Morgan fingerprint density at radius 2 is 1.51 bits per heavy atom. The zero-order chi connectivity index (χ0) is 27.8. The summed E-state index contributed by atoms with van der Waals surface area (Å²) in [7, 11) is 0. The van der Waals surface area contributed by atoms with Crippen molar-refractivity contribution in [3.05, 3.63) is 115 Å². The van der Waals surface area contributed by atoms with Gasteiger partial charge in [-0.05, 0) is 42.0 Å². The van der Waals surface area contributed by atoms with Crippen molar-refractivity contribution < 1.29 is 8.83 Å². The fraction of sp³-hybridized carbons (Fsp3) is 0.0263. The van der Waals surface area contributed by atoms with E-state index in [4.69, 9.17) is 13.8 Å². The summed E-state index contributed by atoms with van der Waals surface area (Å²) in [6, 6.07) is 32.0. The molecule has 0 fully saturated rings. The summed E-state index contributed by atoms with van der Waals surface area (Å²) in [5.41, 5.74) is 10.2. The minimum absolute atomic E-state index is 0.0527. The second kappa shape index (κ2) is 7.52. The van der Waals surface area contributed by atoms with Crippen molar-refractivity contribution in [2.75, 3.05) is 5.32 Å². The highest BCUT2D eigenvalue weighted by molar-refractivity contribution is 6.34. The van der Waals surface area contributed by atoms with Gasteiger partial charge in [0.15, 0.2) is 5.82 Å². The Hall–Kier alpha value is -5.81. The summed E-state index contributed by atoms with van der Waals surface area (Å²) >= 11 is 0. The first kappa shape index (κ1) is 21.9. The Kier molecular flexibility index (Phi) is 3.83. The molecule has 1 unspecified atom stereocenters. The summed E-state index contributed by atoms with van der Waals surface area (Å²) in [6.07, 6.45) is 8.39. The van der Waals surface area contributed by atoms with Crippen LogP contribution in [-0.2, 0) is 0 Å². The third kappa shape index (κ3) is 2.66. The second-order valence-corrected chi connectivity index (χ2v) is 11.6. The van der Waals surface area contributed by atoms with Gasteiger partial charge in [-0.3, -0.25) is 4.40 Å². The molecule has 1 atom stereocenters. The number of aromatic nitrogens is 1. The molecule has 5 heterocycles. The molecule has 0 bridgehead atoms. The maximum Gasteiger partial charge on any atom is 0.162 e. The normalized spacial score (nSPS) is 16.3. The van der Waals surface area contributed by atoms with E-state index in [1.165, 1.54) is 16.3 Å². The van der Waals surface area contributed by atoms with Crippen molar-refractivity contribution in [2.45, 2.75) is 6.04 Å². The lowest BCUT2D eigenvalue weighted by Crippen LogP contribution is -2.29. The maximum atomic E-state index is 6.50. The number of para-hydroxylation sites is 3. The topological polar surface area (TPSA) is 55.1 Å². The first-order valence-corrected chi connectivity index (χ1v) is 14.6. The lowest BCUT2D eigenvalue weighted by Gasteiger charge is -2.23. The van der Waals surface area contributed by atoms with E-state index in [1.54, 1.807) is 0 Å². The van der Waals surface area contributed by atoms with Crippen LogP contribution in [-0.4, -0.2) is 16.2 Å². The Labute approximate surface area is 244 Å². The van der Waals surface area contributed by atoms with Crippen LogP contribution in [0.3, 0.4) is 0 Å². The lowest BCUT2D eigenvalue weighted by molar-refractivity contribution is 0.669. The van der Waals surface area contributed by atoms with E-state index >= 15 is 0 Å². The van der Waals surface area contributed by atoms with Crippen molar-refractivity contribution >= 4 is 88.3 Å². The predicted octanol–water partition coefficient (Wildman–Crippen LogP) is 10.1. The predicted molar refractivity (Wildman–Crippen MR) is 176 cm³/mol. The molecule has 1 N–H and O–H groups in total. The molecule has 11 rings (SSSR count). The number of nitrogens with zero attached hydrogens (tertiary/aromatic N) is 2. The van der Waals surface area contributed by atoms with Gasteiger partial charge in [-0.25, -0.2) is 4.99 Å². The SMILES string of the molecule is C1=CC2=Nc3c(c4cc5oc6ccccc6c5c5c6cc(-c7cccc8c7oc7ccccc78)ccc6n3c45)NC2C=C1. The molecule has 5 heteroatoms. The first-order chi connectivity index (χ1) is 21.3. The van der Waals surface area contributed by atoms with Crippen LogP contribution < -0.4 is 5.32 Å². The van der Waals surface area contributed by atoms with E-state index in [1.807, 2.05) is 18.2 Å². The maximum absolute atomic E-state index is 6.50. The highest BCUT2D eigenvalue weighted by Crippen LogP contribution is 2.51. The van der Waals surface area contributed by atoms with Crippen molar-refractivity contribution in [1.29, 1.82) is 0 Å². The third-order valence-electron chi connectivity index (χ3n) is 9.33. The minimum atomic E-state index is 0.0527. The number of hydrogen-bond acceptors (Lipinski definition) is 4. The van der Waals surface area contributed by atoms with Gasteiger partial charge in [-0.1, -0.05) is 78.9 Å². The molecule has 200 valence electrons. The van der Waals surface area contributed by atoms with Crippen LogP contribution in [0.25, 0.3) is 82.2 Å². The summed E-state index contributed by atoms with van der Waals surface area (Å²) in [6.45, 7) is 0. The molecule has 5 aromatic carbocycles. The Morgan fingerprint density at radius 3 is 2.44 bits per heavy atom. The first-order valence-electron chi connectivity index (χ1n) is 14.6. The summed E-state index contributed by atoms with van der Waals surface area (Å²) < 4.78 is 15.3. The molecule has 1 aliphatic heterocycles. The smallest absolute Gasteiger partial charge is 0.162 e. The molecule has 4 aromatic heterocycles. The van der Waals surface area contributed by atoms with Gasteiger partial charge in [0, 0.05) is 43.3 Å². The van der Waals surface area contributed by atoms with Crippen molar-refractivity contribution in [2.24, 2.45) is 4.99 Å². The minimum Gasteiger partial charge on any atom is -0.456 e. The summed E-state index contributed by atoms with van der Waals surface area (Å²) in [4.78, 5) is 5.22. The van der Waals surface area contributed by atoms with Crippen LogP contribution in [0.4, 0.5) is 11.5 Å². The average Bonchev–Trinajstić information content (AvgIpc) is 3.79. The number of allylic oxidation sites excluding steroid dienone is 2. The molecule has 0 saturated carbocycles. The number of nitrogens with one attached hydrogen (secondary N) is 1. The van der Waals surface area contributed by atoms with Gasteiger partial charge >= 0.3 is 0 Å². The molecule has 43 heavy (non-hydrogen) atoms. The Bertz CT molecular complexity index is 2770. The van der Waals surface area contributed by atoms with Gasteiger partial charge in [-0.15, -0.1) is 0 Å². The van der Waals surface area contributed by atoms with Gasteiger partial charge in [0.05, 0.1) is 28.5 Å². The van der Waals surface area contributed by atoms with Crippen LogP contribution in [0.5, 0.6) is 0 Å². The highest BCUT2D eigenvalue weighted by Gasteiger charge is 2.30. The quantitative estimate of drug-likeness (QED) is 0.221. The molecule has 0 radical (unpaired) electrons. The van der Waals surface area contributed by atoms with Crippen molar-refractivity contribution in [3.63, 3.8) is 0 Å². The molecule has 0 amide bonds. The number of benzene rings is 5. The fourth-order valence-corrected chi connectivity index (χ4v) is 7.49.